The molecule has 1 aromatic carbocycles. The molecule has 0 aliphatic heterocycles. The summed E-state index contributed by atoms with van der Waals surface area (Å²) in [4.78, 5) is 0. The summed E-state index contributed by atoms with van der Waals surface area (Å²) < 4.78 is 2.48. The average molecular weight is 244 g/mol. The van der Waals surface area contributed by atoms with Gasteiger partial charge in [-0.05, 0) is 30.0 Å². The summed E-state index contributed by atoms with van der Waals surface area (Å²) in [5.74, 6) is 0.723. The van der Waals surface area contributed by atoms with E-state index in [2.05, 4.69) is 61.0 Å². The maximum Gasteiger partial charge on any atom is 0.0483 e. The standard InChI is InChI=1S/C16H24N2/c1-4-13(3)12-18-15(11-17-5-2)10-14-8-6-7-9-16(14)18/h6-10,13,17H,4-5,11-12H2,1-3H3. The zero-order chi connectivity index (χ0) is 13.0. The van der Waals surface area contributed by atoms with E-state index in [-0.39, 0.29) is 0 Å². The number of para-hydroxylation sites is 1. The predicted octanol–water partition coefficient (Wildman–Crippen LogP) is 3.80. The van der Waals surface area contributed by atoms with Crippen LogP contribution in [-0.2, 0) is 13.1 Å². The summed E-state index contributed by atoms with van der Waals surface area (Å²) in [6, 6.07) is 11.0. The summed E-state index contributed by atoms with van der Waals surface area (Å²) in [7, 11) is 0. The van der Waals surface area contributed by atoms with Gasteiger partial charge in [-0.3, -0.25) is 0 Å². The Morgan fingerprint density at radius 1 is 1.22 bits per heavy atom. The van der Waals surface area contributed by atoms with Crippen LogP contribution in [-0.4, -0.2) is 11.1 Å². The Morgan fingerprint density at radius 3 is 2.72 bits per heavy atom. The number of hydrogen-bond donors (Lipinski definition) is 1. The Kier molecular flexibility index (Phi) is 4.43. The van der Waals surface area contributed by atoms with Crippen molar-refractivity contribution in [3.05, 3.63) is 36.0 Å². The van der Waals surface area contributed by atoms with E-state index in [0.717, 1.165) is 25.6 Å². The lowest BCUT2D eigenvalue weighted by molar-refractivity contribution is 0.464. The zero-order valence-corrected chi connectivity index (χ0v) is 11.7. The first kappa shape index (κ1) is 13.2. The van der Waals surface area contributed by atoms with Crippen molar-refractivity contribution in [2.45, 2.75) is 40.3 Å². The third-order valence-electron chi connectivity index (χ3n) is 3.64. The molecule has 0 aliphatic rings. The largest absolute Gasteiger partial charge is 0.343 e. The minimum absolute atomic E-state index is 0.723. The van der Waals surface area contributed by atoms with Crippen LogP contribution >= 0.6 is 0 Å². The number of hydrogen-bond acceptors (Lipinski definition) is 1. The van der Waals surface area contributed by atoms with Gasteiger partial charge in [0.1, 0.15) is 0 Å². The molecule has 18 heavy (non-hydrogen) atoms. The van der Waals surface area contributed by atoms with Crippen molar-refractivity contribution in [3.63, 3.8) is 0 Å². The number of nitrogens with one attached hydrogen (secondary N) is 1. The van der Waals surface area contributed by atoms with Gasteiger partial charge in [-0.25, -0.2) is 0 Å². The summed E-state index contributed by atoms with van der Waals surface area (Å²) in [5, 5.41) is 4.79. The van der Waals surface area contributed by atoms with Gasteiger partial charge in [0.05, 0.1) is 0 Å². The van der Waals surface area contributed by atoms with Crippen LogP contribution in [0.5, 0.6) is 0 Å². The molecule has 0 bridgehead atoms. The molecule has 98 valence electrons. The molecule has 2 rings (SSSR count). The van der Waals surface area contributed by atoms with Crippen molar-refractivity contribution in [1.82, 2.24) is 9.88 Å². The molecule has 1 aromatic heterocycles. The summed E-state index contributed by atoms with van der Waals surface area (Å²) in [6.07, 6.45) is 1.23. The fourth-order valence-corrected chi connectivity index (χ4v) is 2.32. The third kappa shape index (κ3) is 2.75. The lowest BCUT2D eigenvalue weighted by Gasteiger charge is -2.15. The van der Waals surface area contributed by atoms with E-state index in [9.17, 15) is 0 Å². The van der Waals surface area contributed by atoms with Crippen LogP contribution in [0.3, 0.4) is 0 Å². The Hall–Kier alpha value is -1.28. The minimum Gasteiger partial charge on any atom is -0.343 e. The second kappa shape index (κ2) is 6.05. The van der Waals surface area contributed by atoms with E-state index in [1.54, 1.807) is 0 Å². The second-order valence-corrected chi connectivity index (χ2v) is 5.10. The quantitative estimate of drug-likeness (QED) is 0.818. The molecule has 0 fully saturated rings. The van der Waals surface area contributed by atoms with Gasteiger partial charge in [0.25, 0.3) is 0 Å². The molecule has 1 unspecified atom stereocenters. The highest BCUT2D eigenvalue weighted by molar-refractivity contribution is 5.81. The highest BCUT2D eigenvalue weighted by Gasteiger charge is 2.10. The highest BCUT2D eigenvalue weighted by Crippen LogP contribution is 2.21. The maximum absolute atomic E-state index is 3.44. The first-order valence-electron chi connectivity index (χ1n) is 7.04. The van der Waals surface area contributed by atoms with Crippen LogP contribution in [0.15, 0.2) is 30.3 Å². The van der Waals surface area contributed by atoms with E-state index in [1.165, 1.54) is 23.0 Å². The molecular weight excluding hydrogens is 220 g/mol. The maximum atomic E-state index is 3.44. The molecule has 0 saturated heterocycles. The van der Waals surface area contributed by atoms with E-state index < -0.39 is 0 Å². The van der Waals surface area contributed by atoms with E-state index in [1.807, 2.05) is 0 Å². The molecule has 1 heterocycles. The molecule has 0 amide bonds. The lowest BCUT2D eigenvalue weighted by atomic mass is 10.1. The fourth-order valence-electron chi connectivity index (χ4n) is 2.32. The molecular formula is C16H24N2. The summed E-state index contributed by atoms with van der Waals surface area (Å²) >= 11 is 0. The zero-order valence-electron chi connectivity index (χ0n) is 11.7. The van der Waals surface area contributed by atoms with Crippen LogP contribution in [0.4, 0.5) is 0 Å². The third-order valence-corrected chi connectivity index (χ3v) is 3.64. The van der Waals surface area contributed by atoms with Gasteiger partial charge >= 0.3 is 0 Å². The number of nitrogens with zero attached hydrogens (tertiary/aromatic N) is 1. The number of rotatable bonds is 6. The van der Waals surface area contributed by atoms with Crippen LogP contribution in [0.25, 0.3) is 10.9 Å². The van der Waals surface area contributed by atoms with Crippen molar-refractivity contribution >= 4 is 10.9 Å². The highest BCUT2D eigenvalue weighted by atomic mass is 15.0. The van der Waals surface area contributed by atoms with Gasteiger partial charge in [0, 0.05) is 24.3 Å². The number of benzene rings is 1. The van der Waals surface area contributed by atoms with Crippen LogP contribution in [0.2, 0.25) is 0 Å². The van der Waals surface area contributed by atoms with Gasteiger partial charge in [-0.15, -0.1) is 0 Å². The van der Waals surface area contributed by atoms with Crippen LogP contribution in [0, 0.1) is 5.92 Å². The van der Waals surface area contributed by atoms with Crippen LogP contribution in [0.1, 0.15) is 32.9 Å². The molecule has 2 aromatic rings. The van der Waals surface area contributed by atoms with E-state index in [0.29, 0.717) is 0 Å². The average Bonchev–Trinajstić information content (AvgIpc) is 2.74. The van der Waals surface area contributed by atoms with Gasteiger partial charge in [0.2, 0.25) is 0 Å². The first-order chi connectivity index (χ1) is 8.76. The molecule has 0 aliphatic carbocycles. The topological polar surface area (TPSA) is 17.0 Å². The van der Waals surface area contributed by atoms with Gasteiger partial charge in [0.15, 0.2) is 0 Å². The van der Waals surface area contributed by atoms with Crippen molar-refractivity contribution < 1.29 is 0 Å². The van der Waals surface area contributed by atoms with Crippen molar-refractivity contribution in [2.24, 2.45) is 5.92 Å². The van der Waals surface area contributed by atoms with Crippen molar-refractivity contribution in [1.29, 1.82) is 0 Å². The lowest BCUT2D eigenvalue weighted by Crippen LogP contribution is -2.17. The van der Waals surface area contributed by atoms with Crippen molar-refractivity contribution in [2.75, 3.05) is 6.54 Å². The van der Waals surface area contributed by atoms with Crippen LogP contribution < -0.4 is 5.32 Å². The van der Waals surface area contributed by atoms with Gasteiger partial charge < -0.3 is 9.88 Å². The smallest absolute Gasteiger partial charge is 0.0483 e. The molecule has 0 spiro atoms. The number of aromatic nitrogens is 1. The predicted molar refractivity (Wildman–Crippen MR) is 78.8 cm³/mol. The molecule has 1 N–H and O–H groups in total. The Morgan fingerprint density at radius 2 is 2.00 bits per heavy atom. The second-order valence-electron chi connectivity index (χ2n) is 5.10. The SMILES string of the molecule is CCNCc1cc2ccccc2n1CC(C)CC. The first-order valence-corrected chi connectivity index (χ1v) is 7.04. The monoisotopic (exact) mass is 244 g/mol. The van der Waals surface area contributed by atoms with Gasteiger partial charge in [-0.1, -0.05) is 45.4 Å². The van der Waals surface area contributed by atoms with E-state index in [4.69, 9.17) is 0 Å². The fraction of sp³-hybridized carbons (Fsp3) is 0.500. The Bertz CT molecular complexity index is 499. The Balaban J connectivity index is 2.37. The molecule has 0 radical (unpaired) electrons. The minimum atomic E-state index is 0.723. The molecule has 0 saturated carbocycles. The van der Waals surface area contributed by atoms with Gasteiger partial charge in [-0.2, -0.15) is 0 Å². The Labute approximate surface area is 110 Å². The van der Waals surface area contributed by atoms with Crippen molar-refractivity contribution in [3.8, 4) is 0 Å². The normalized spacial score (nSPS) is 13.1. The molecule has 2 heteroatoms. The summed E-state index contributed by atoms with van der Waals surface area (Å²) in [5.41, 5.74) is 2.77. The molecule has 2 nitrogen and oxygen atoms in total. The summed E-state index contributed by atoms with van der Waals surface area (Å²) in [6.45, 7) is 9.84. The van der Waals surface area contributed by atoms with E-state index >= 15 is 0 Å². The number of fused-ring (bicyclic) bond motifs is 1. The molecule has 1 atom stereocenters.